The standard InChI is InChI=1S/C22H22ClN5O2/c1-14(30)24-18-10-6-15(7-11-18)19-13-20(16-4-8-17(23)9-5-16)28-22(25-19)26-21(27-28)3-2-12-29/h4-11,13,20,29H,2-3,12H2,1H3,(H,24,30)(H,25,26,27). The number of aliphatic hydroxyl groups is 1. The molecular weight excluding hydrogens is 402 g/mol. The van der Waals surface area contributed by atoms with Crippen LogP contribution >= 0.6 is 11.6 Å². The number of carbonyl (C=O) groups is 1. The second-order valence-electron chi connectivity index (χ2n) is 7.08. The Kier molecular flexibility index (Phi) is 5.83. The number of carbonyl (C=O) groups excluding carboxylic acids is 1. The van der Waals surface area contributed by atoms with E-state index in [0.29, 0.717) is 29.6 Å². The van der Waals surface area contributed by atoms with Crippen LogP contribution in [0.5, 0.6) is 0 Å². The number of hydrogen-bond acceptors (Lipinski definition) is 5. The highest BCUT2D eigenvalue weighted by atomic mass is 35.5. The Bertz CT molecular complexity index is 1070. The molecule has 1 amide bonds. The molecule has 4 rings (SSSR count). The van der Waals surface area contributed by atoms with E-state index >= 15 is 0 Å². The topological polar surface area (TPSA) is 92.1 Å². The zero-order valence-electron chi connectivity index (χ0n) is 16.5. The number of anilines is 2. The molecule has 2 aromatic carbocycles. The molecule has 3 N–H and O–H groups in total. The molecule has 7 nitrogen and oxygen atoms in total. The number of benzene rings is 2. The summed E-state index contributed by atoms with van der Waals surface area (Å²) in [5, 5.41) is 20.6. The van der Waals surface area contributed by atoms with Crippen LogP contribution in [0.1, 0.15) is 36.3 Å². The van der Waals surface area contributed by atoms with E-state index < -0.39 is 0 Å². The van der Waals surface area contributed by atoms with E-state index in [0.717, 1.165) is 22.5 Å². The fourth-order valence-corrected chi connectivity index (χ4v) is 3.51. The first-order chi connectivity index (χ1) is 14.5. The van der Waals surface area contributed by atoms with Gasteiger partial charge in [-0.25, -0.2) is 4.68 Å². The lowest BCUT2D eigenvalue weighted by atomic mass is 10.0. The number of aromatic nitrogens is 3. The van der Waals surface area contributed by atoms with Gasteiger partial charge in [-0.15, -0.1) is 0 Å². The van der Waals surface area contributed by atoms with Gasteiger partial charge in [-0.1, -0.05) is 35.9 Å². The molecule has 1 atom stereocenters. The normalized spacial score (nSPS) is 15.2. The summed E-state index contributed by atoms with van der Waals surface area (Å²) in [6, 6.07) is 15.1. The van der Waals surface area contributed by atoms with E-state index in [-0.39, 0.29) is 18.6 Å². The molecule has 0 radical (unpaired) electrons. The van der Waals surface area contributed by atoms with Crippen molar-refractivity contribution < 1.29 is 9.90 Å². The van der Waals surface area contributed by atoms with Gasteiger partial charge in [-0.3, -0.25) is 4.79 Å². The Morgan fingerprint density at radius 2 is 1.93 bits per heavy atom. The summed E-state index contributed by atoms with van der Waals surface area (Å²) < 4.78 is 1.85. The first-order valence-corrected chi connectivity index (χ1v) is 10.1. The highest BCUT2D eigenvalue weighted by Gasteiger charge is 2.25. The van der Waals surface area contributed by atoms with E-state index in [1.807, 2.05) is 53.2 Å². The van der Waals surface area contributed by atoms with Gasteiger partial charge in [0, 0.05) is 36.4 Å². The maximum Gasteiger partial charge on any atom is 0.226 e. The number of allylic oxidation sites excluding steroid dienone is 1. The summed E-state index contributed by atoms with van der Waals surface area (Å²) in [7, 11) is 0. The van der Waals surface area contributed by atoms with Crippen molar-refractivity contribution in [2.45, 2.75) is 25.8 Å². The maximum absolute atomic E-state index is 11.3. The van der Waals surface area contributed by atoms with Gasteiger partial charge in [0.1, 0.15) is 6.04 Å². The Hall–Kier alpha value is -3.16. The van der Waals surface area contributed by atoms with Crippen LogP contribution < -0.4 is 10.6 Å². The molecule has 2 heterocycles. The maximum atomic E-state index is 11.3. The Labute approximate surface area is 179 Å². The molecule has 30 heavy (non-hydrogen) atoms. The van der Waals surface area contributed by atoms with Crippen LogP contribution in [0.3, 0.4) is 0 Å². The Balaban J connectivity index is 1.70. The van der Waals surface area contributed by atoms with Crippen LogP contribution in [0, 0.1) is 0 Å². The summed E-state index contributed by atoms with van der Waals surface area (Å²) >= 11 is 6.07. The molecule has 154 valence electrons. The van der Waals surface area contributed by atoms with Gasteiger partial charge in [0.05, 0.1) is 0 Å². The molecule has 0 fully saturated rings. The minimum absolute atomic E-state index is 0.0993. The second kappa shape index (κ2) is 8.69. The lowest BCUT2D eigenvalue weighted by molar-refractivity contribution is -0.114. The molecule has 0 spiro atoms. The molecule has 8 heteroatoms. The molecule has 1 aliphatic rings. The highest BCUT2D eigenvalue weighted by molar-refractivity contribution is 6.30. The first kappa shape index (κ1) is 20.1. The van der Waals surface area contributed by atoms with E-state index in [2.05, 4.69) is 26.8 Å². The minimum atomic E-state index is -0.154. The van der Waals surface area contributed by atoms with Crippen molar-refractivity contribution >= 4 is 34.8 Å². The predicted molar refractivity (Wildman–Crippen MR) is 117 cm³/mol. The van der Waals surface area contributed by atoms with E-state index in [1.165, 1.54) is 6.92 Å². The largest absolute Gasteiger partial charge is 0.396 e. The lowest BCUT2D eigenvalue weighted by Gasteiger charge is -2.24. The van der Waals surface area contributed by atoms with Gasteiger partial charge in [0.2, 0.25) is 11.9 Å². The van der Waals surface area contributed by atoms with Crippen LogP contribution in [0.2, 0.25) is 5.02 Å². The van der Waals surface area contributed by atoms with Crippen LogP contribution in [0.15, 0.2) is 54.6 Å². The first-order valence-electron chi connectivity index (χ1n) is 9.72. The van der Waals surface area contributed by atoms with Gasteiger partial charge >= 0.3 is 0 Å². The molecule has 1 aromatic heterocycles. The Morgan fingerprint density at radius 1 is 1.20 bits per heavy atom. The molecule has 0 saturated carbocycles. The van der Waals surface area contributed by atoms with Crippen LogP contribution in [0.25, 0.3) is 5.70 Å². The third-order valence-corrected chi connectivity index (χ3v) is 5.05. The highest BCUT2D eigenvalue weighted by Crippen LogP contribution is 2.33. The van der Waals surface area contributed by atoms with Crippen molar-refractivity contribution in [1.29, 1.82) is 0 Å². The van der Waals surface area contributed by atoms with Crippen LogP contribution in [0.4, 0.5) is 11.6 Å². The molecule has 0 aliphatic carbocycles. The fourth-order valence-electron chi connectivity index (χ4n) is 3.38. The van der Waals surface area contributed by atoms with E-state index in [4.69, 9.17) is 16.7 Å². The van der Waals surface area contributed by atoms with Crippen LogP contribution in [-0.2, 0) is 11.2 Å². The third kappa shape index (κ3) is 4.37. The van der Waals surface area contributed by atoms with Crippen molar-refractivity contribution in [1.82, 2.24) is 14.8 Å². The third-order valence-electron chi connectivity index (χ3n) is 4.80. The number of nitrogens with one attached hydrogen (secondary N) is 2. The molecular formula is C22H22ClN5O2. The fraction of sp³-hybridized carbons (Fsp3) is 0.227. The molecule has 3 aromatic rings. The molecule has 0 saturated heterocycles. The van der Waals surface area contributed by atoms with Crippen molar-refractivity contribution in [3.63, 3.8) is 0 Å². The predicted octanol–water partition coefficient (Wildman–Crippen LogP) is 3.87. The number of halogens is 1. The number of nitrogens with zero attached hydrogens (tertiary/aromatic N) is 3. The summed E-state index contributed by atoms with van der Waals surface area (Å²) in [6.45, 7) is 1.58. The molecule has 1 unspecified atom stereocenters. The average Bonchev–Trinajstić information content (AvgIpc) is 3.15. The van der Waals surface area contributed by atoms with Crippen molar-refractivity contribution in [3.8, 4) is 0 Å². The Morgan fingerprint density at radius 3 is 2.60 bits per heavy atom. The average molecular weight is 424 g/mol. The number of aryl methyl sites for hydroxylation is 1. The number of rotatable bonds is 6. The van der Waals surface area contributed by atoms with E-state index in [9.17, 15) is 4.79 Å². The molecule has 0 bridgehead atoms. The smallest absolute Gasteiger partial charge is 0.226 e. The van der Waals surface area contributed by atoms with E-state index in [1.54, 1.807) is 0 Å². The monoisotopic (exact) mass is 423 g/mol. The number of hydrogen-bond donors (Lipinski definition) is 3. The summed E-state index contributed by atoms with van der Waals surface area (Å²) in [5.41, 5.74) is 3.65. The second-order valence-corrected chi connectivity index (χ2v) is 7.52. The van der Waals surface area contributed by atoms with Crippen molar-refractivity contribution in [3.05, 3.63) is 76.6 Å². The quantitative estimate of drug-likeness (QED) is 0.559. The summed E-state index contributed by atoms with van der Waals surface area (Å²) in [4.78, 5) is 15.9. The van der Waals surface area contributed by atoms with Crippen molar-refractivity contribution in [2.75, 3.05) is 17.2 Å². The van der Waals surface area contributed by atoms with Crippen LogP contribution in [-0.4, -0.2) is 32.4 Å². The summed E-state index contributed by atoms with van der Waals surface area (Å²) in [5.74, 6) is 1.22. The molecule has 1 aliphatic heterocycles. The van der Waals surface area contributed by atoms with Gasteiger partial charge in [0.15, 0.2) is 5.82 Å². The SMILES string of the molecule is CC(=O)Nc1ccc(C2=CC(c3ccc(Cl)cc3)n3nc(CCCO)nc3N2)cc1. The summed E-state index contributed by atoms with van der Waals surface area (Å²) in [6.07, 6.45) is 3.31. The van der Waals surface area contributed by atoms with Crippen molar-refractivity contribution in [2.24, 2.45) is 0 Å². The van der Waals surface area contributed by atoms with Gasteiger partial charge < -0.3 is 15.7 Å². The number of aliphatic hydroxyl groups excluding tert-OH is 1. The zero-order valence-corrected chi connectivity index (χ0v) is 17.2. The minimum Gasteiger partial charge on any atom is -0.396 e. The lowest BCUT2D eigenvalue weighted by Crippen LogP contribution is -2.20. The zero-order chi connectivity index (χ0) is 21.1. The van der Waals surface area contributed by atoms with Gasteiger partial charge in [-0.05, 0) is 47.9 Å². The van der Waals surface area contributed by atoms with Gasteiger partial charge in [0.25, 0.3) is 0 Å². The van der Waals surface area contributed by atoms with Gasteiger partial charge in [-0.2, -0.15) is 10.1 Å². The number of amides is 1. The number of fused-ring (bicyclic) bond motifs is 1.